The molecule has 198 valence electrons. The summed E-state index contributed by atoms with van der Waals surface area (Å²) in [5.74, 6) is 8.65. The van der Waals surface area contributed by atoms with Gasteiger partial charge in [-0.2, -0.15) is 0 Å². The molecule has 5 nitrogen and oxygen atoms in total. The quantitative estimate of drug-likeness (QED) is 0.347. The Bertz CT molecular complexity index is 1030. The molecule has 1 aromatic rings. The Hall–Kier alpha value is -1.58. The van der Waals surface area contributed by atoms with E-state index in [0.717, 1.165) is 57.2 Å². The van der Waals surface area contributed by atoms with Crippen LogP contribution in [-0.2, 0) is 24.1 Å². The summed E-state index contributed by atoms with van der Waals surface area (Å²) < 4.78 is 7.14. The number of rotatable bonds is 6. The molecule has 1 aromatic carbocycles. The number of aliphatic hydroxyl groups excluding tert-OH is 1. The van der Waals surface area contributed by atoms with Crippen molar-refractivity contribution in [3.8, 4) is 17.6 Å². The highest BCUT2D eigenvalue weighted by Gasteiger charge is 2.68. The van der Waals surface area contributed by atoms with Crippen molar-refractivity contribution in [2.24, 2.45) is 29.4 Å². The van der Waals surface area contributed by atoms with E-state index in [1.807, 2.05) is 12.1 Å². The first-order valence-electron chi connectivity index (χ1n) is 14.4. The van der Waals surface area contributed by atoms with Crippen LogP contribution in [0.2, 0.25) is 0 Å². The number of phenolic OH excluding ortho intramolecular Hbond substituents is 1. The third kappa shape index (κ3) is 4.39. The smallest absolute Gasteiger partial charge is 0.116 e. The number of aliphatic hydroxyl groups is 1. The Balaban J connectivity index is 1.60. The summed E-state index contributed by atoms with van der Waals surface area (Å²) in [6.07, 6.45) is 10.1. The van der Waals surface area contributed by atoms with Gasteiger partial charge in [-0.3, -0.25) is 0 Å². The highest BCUT2D eigenvalue weighted by atomic mass is 16.5. The van der Waals surface area contributed by atoms with Gasteiger partial charge in [0, 0.05) is 31.0 Å². The molecule has 2 aliphatic heterocycles. The van der Waals surface area contributed by atoms with Crippen LogP contribution in [0, 0.1) is 35.5 Å². The lowest BCUT2D eigenvalue weighted by Crippen LogP contribution is -2.77. The summed E-state index contributed by atoms with van der Waals surface area (Å²) in [5.41, 5.74) is 9.83. The van der Waals surface area contributed by atoms with Gasteiger partial charge in [-0.05, 0) is 106 Å². The molecule has 5 heteroatoms. The highest BCUT2D eigenvalue weighted by molar-refractivity contribution is 5.44. The van der Waals surface area contributed by atoms with Crippen LogP contribution in [0.25, 0.3) is 0 Å². The third-order valence-electron chi connectivity index (χ3n) is 9.99. The van der Waals surface area contributed by atoms with Crippen LogP contribution < -0.4 is 11.1 Å². The minimum absolute atomic E-state index is 0.0788. The number of nitrogens with one attached hydrogen (secondary N) is 1. The molecular weight excluding hydrogens is 448 g/mol. The van der Waals surface area contributed by atoms with Crippen LogP contribution in [0.5, 0.6) is 5.75 Å². The number of fused-ring (bicyclic) bond motifs is 5. The van der Waals surface area contributed by atoms with Crippen molar-refractivity contribution >= 4 is 0 Å². The van der Waals surface area contributed by atoms with Gasteiger partial charge in [-0.15, -0.1) is 0 Å². The fraction of sp³-hybridized carbons (Fsp3) is 0.742. The molecular formula is C31H46N2O3. The fourth-order valence-electron chi connectivity index (χ4n) is 8.61. The number of ether oxygens (including phenoxy) is 1. The van der Waals surface area contributed by atoms with Gasteiger partial charge in [0.05, 0.1) is 17.1 Å². The number of aromatic hydroxyl groups is 1. The van der Waals surface area contributed by atoms with E-state index in [0.29, 0.717) is 30.4 Å². The van der Waals surface area contributed by atoms with E-state index in [2.05, 4.69) is 37.9 Å². The van der Waals surface area contributed by atoms with Crippen molar-refractivity contribution in [3.63, 3.8) is 0 Å². The average Bonchev–Trinajstić information content (AvgIpc) is 2.83. The first-order chi connectivity index (χ1) is 17.2. The van der Waals surface area contributed by atoms with E-state index < -0.39 is 5.54 Å². The molecule has 0 aromatic heterocycles. The van der Waals surface area contributed by atoms with E-state index in [1.165, 1.54) is 24.0 Å². The molecule has 4 bridgehead atoms. The Morgan fingerprint density at radius 1 is 1.22 bits per heavy atom. The van der Waals surface area contributed by atoms with Crippen molar-refractivity contribution in [3.05, 3.63) is 28.8 Å². The van der Waals surface area contributed by atoms with Gasteiger partial charge < -0.3 is 26.0 Å². The van der Waals surface area contributed by atoms with Gasteiger partial charge in [0.15, 0.2) is 0 Å². The summed E-state index contributed by atoms with van der Waals surface area (Å²) in [5, 5.41) is 24.2. The monoisotopic (exact) mass is 494 g/mol. The summed E-state index contributed by atoms with van der Waals surface area (Å²) in [6.45, 7) is 8.43. The Labute approximate surface area is 217 Å². The molecule has 5 N–H and O–H groups in total. The summed E-state index contributed by atoms with van der Waals surface area (Å²) >= 11 is 0. The maximum Gasteiger partial charge on any atom is 0.116 e. The molecule has 4 fully saturated rings. The Morgan fingerprint density at radius 2 is 2.06 bits per heavy atom. The van der Waals surface area contributed by atoms with Crippen molar-refractivity contribution in [2.75, 3.05) is 13.2 Å². The first-order valence-corrected chi connectivity index (χ1v) is 14.4. The molecule has 2 heterocycles. The van der Waals surface area contributed by atoms with E-state index in [4.69, 9.17) is 10.5 Å². The number of benzene rings is 1. The summed E-state index contributed by atoms with van der Waals surface area (Å²) in [6, 6.07) is 3.88. The highest BCUT2D eigenvalue weighted by Crippen LogP contribution is 2.62. The normalized spacial score (nSPS) is 36.7. The topological polar surface area (TPSA) is 87.7 Å². The van der Waals surface area contributed by atoms with Crippen LogP contribution in [0.15, 0.2) is 12.1 Å². The molecule has 6 rings (SSSR count). The number of hydrogen-bond acceptors (Lipinski definition) is 5. The predicted molar refractivity (Wildman–Crippen MR) is 143 cm³/mol. The summed E-state index contributed by atoms with van der Waals surface area (Å²) in [4.78, 5) is 0. The lowest BCUT2D eigenvalue weighted by atomic mass is 9.48. The molecule has 5 aliphatic rings. The van der Waals surface area contributed by atoms with Crippen LogP contribution in [0.4, 0.5) is 0 Å². The largest absolute Gasteiger partial charge is 0.508 e. The zero-order valence-corrected chi connectivity index (χ0v) is 22.5. The van der Waals surface area contributed by atoms with Gasteiger partial charge >= 0.3 is 0 Å². The lowest BCUT2D eigenvalue weighted by Gasteiger charge is -2.68. The molecule has 0 amide bonds. The van der Waals surface area contributed by atoms with E-state index >= 15 is 0 Å². The van der Waals surface area contributed by atoms with Crippen molar-refractivity contribution in [2.45, 2.75) is 108 Å². The molecule has 36 heavy (non-hydrogen) atoms. The van der Waals surface area contributed by atoms with Crippen molar-refractivity contribution in [1.82, 2.24) is 5.32 Å². The van der Waals surface area contributed by atoms with Gasteiger partial charge in [-0.1, -0.05) is 31.6 Å². The second-order valence-corrected chi connectivity index (χ2v) is 12.6. The molecule has 1 spiro atoms. The SMILES string of the molecule is CCCNCc1cc(O)cc2c1C[C@H]1CCC[C@@H](C1)[C@@]13CC[C@@H](C(C)(C)O1)[C@](N)(CCO)[C@H]3C#CC2. The minimum Gasteiger partial charge on any atom is -0.508 e. The third-order valence-corrected chi connectivity index (χ3v) is 9.99. The van der Waals surface area contributed by atoms with Gasteiger partial charge in [0.1, 0.15) is 5.75 Å². The number of phenols is 1. The molecule has 2 saturated carbocycles. The van der Waals surface area contributed by atoms with Crippen LogP contribution in [0.3, 0.4) is 0 Å². The standard InChI is InChI=1S/C31H46N2O3/c1-4-14-33-20-23-19-25(35)18-22-8-6-10-28-30(32,13-15-34)27-11-12-31(28,36-29(27,2)3)24-9-5-7-21(16-24)17-26(22)23/h18-19,21,24,27-28,33-35H,4-5,7-9,11-17,20,32H2,1-3H3/t21-,24-,27-,28+,30+,31+/m0/s1. The van der Waals surface area contributed by atoms with Crippen molar-refractivity contribution < 1.29 is 14.9 Å². The van der Waals surface area contributed by atoms with Crippen LogP contribution in [-0.4, -0.2) is 40.1 Å². The maximum absolute atomic E-state index is 10.6. The van der Waals surface area contributed by atoms with Gasteiger partial charge in [-0.25, -0.2) is 0 Å². The zero-order valence-electron chi connectivity index (χ0n) is 22.5. The first kappa shape index (κ1) is 26.0. The molecule has 6 atom stereocenters. The van der Waals surface area contributed by atoms with E-state index in [-0.39, 0.29) is 29.6 Å². The second kappa shape index (κ2) is 9.95. The Morgan fingerprint density at radius 3 is 2.81 bits per heavy atom. The summed E-state index contributed by atoms with van der Waals surface area (Å²) in [7, 11) is 0. The molecule has 2 saturated heterocycles. The van der Waals surface area contributed by atoms with E-state index in [1.54, 1.807) is 0 Å². The van der Waals surface area contributed by atoms with Crippen molar-refractivity contribution in [1.29, 1.82) is 0 Å². The predicted octanol–water partition coefficient (Wildman–Crippen LogP) is 4.45. The second-order valence-electron chi connectivity index (χ2n) is 12.6. The van der Waals surface area contributed by atoms with E-state index in [9.17, 15) is 10.2 Å². The molecule has 3 aliphatic carbocycles. The van der Waals surface area contributed by atoms with Crippen LogP contribution in [0.1, 0.15) is 88.8 Å². The fourth-order valence-corrected chi connectivity index (χ4v) is 8.61. The van der Waals surface area contributed by atoms with Gasteiger partial charge in [0.2, 0.25) is 0 Å². The minimum atomic E-state index is -0.556. The number of hydrogen-bond donors (Lipinski definition) is 4. The Kier molecular flexibility index (Phi) is 7.20. The van der Waals surface area contributed by atoms with Crippen LogP contribution >= 0.6 is 0 Å². The maximum atomic E-state index is 10.6. The molecule has 0 unspecified atom stereocenters. The number of nitrogens with two attached hydrogens (primary N) is 1. The molecule has 0 radical (unpaired) electrons. The zero-order chi connectivity index (χ0) is 25.6. The van der Waals surface area contributed by atoms with Gasteiger partial charge in [0.25, 0.3) is 0 Å². The lowest BCUT2D eigenvalue weighted by molar-refractivity contribution is -0.306. The average molecular weight is 495 g/mol.